The van der Waals surface area contributed by atoms with Gasteiger partial charge in [-0.3, -0.25) is 9.59 Å². The minimum absolute atomic E-state index is 0.0103. The number of esters is 2. The van der Waals surface area contributed by atoms with Crippen molar-refractivity contribution in [3.05, 3.63) is 29.8 Å². The average Bonchev–Trinajstić information content (AvgIpc) is 2.46. The Morgan fingerprint density at radius 3 is 2.57 bits per heavy atom. The van der Waals surface area contributed by atoms with Crippen LogP contribution in [0.15, 0.2) is 24.3 Å². The van der Waals surface area contributed by atoms with Crippen molar-refractivity contribution in [3.8, 4) is 5.75 Å². The minimum Gasteiger partial charge on any atom is -0.508 e. The highest BCUT2D eigenvalue weighted by atomic mass is 16.6. The van der Waals surface area contributed by atoms with Gasteiger partial charge in [-0.15, -0.1) is 0 Å². The summed E-state index contributed by atoms with van der Waals surface area (Å²) in [4.78, 5) is 22.0. The fourth-order valence-electron chi connectivity index (χ4n) is 1.49. The third-order valence-corrected chi connectivity index (χ3v) is 2.18. The molecule has 1 aromatic rings. The third kappa shape index (κ3) is 1.35. The van der Waals surface area contributed by atoms with Gasteiger partial charge < -0.3 is 9.84 Å². The quantitative estimate of drug-likeness (QED) is 0.531. The van der Waals surface area contributed by atoms with Crippen molar-refractivity contribution in [1.29, 1.82) is 0 Å². The van der Waals surface area contributed by atoms with Crippen molar-refractivity contribution in [2.24, 2.45) is 0 Å². The molecule has 0 aromatic heterocycles. The second kappa shape index (κ2) is 3.14. The molecule has 4 heteroatoms. The molecule has 1 aromatic carbocycles. The summed E-state index contributed by atoms with van der Waals surface area (Å²) in [7, 11) is 0. The lowest BCUT2D eigenvalue weighted by atomic mass is 9.97. The SMILES string of the molecule is O=C1CC(c2ccccc2O)C(=O)O1. The number of ether oxygens (including phenoxy) is 1. The Morgan fingerprint density at radius 1 is 1.29 bits per heavy atom. The van der Waals surface area contributed by atoms with Crippen LogP contribution in [0.3, 0.4) is 0 Å². The van der Waals surface area contributed by atoms with Crippen molar-refractivity contribution in [2.75, 3.05) is 0 Å². The average molecular weight is 192 g/mol. The zero-order chi connectivity index (χ0) is 10.1. The minimum atomic E-state index is -0.649. The maximum Gasteiger partial charge on any atom is 0.321 e. The molecule has 1 aliphatic heterocycles. The van der Waals surface area contributed by atoms with Gasteiger partial charge in [0.05, 0.1) is 12.3 Å². The summed E-state index contributed by atoms with van der Waals surface area (Å²) in [6.07, 6.45) is 0.0103. The summed E-state index contributed by atoms with van der Waals surface area (Å²) < 4.78 is 4.39. The van der Waals surface area contributed by atoms with Gasteiger partial charge in [0.25, 0.3) is 0 Å². The molecule has 72 valence electrons. The molecule has 1 heterocycles. The number of aromatic hydroxyl groups is 1. The van der Waals surface area contributed by atoms with Gasteiger partial charge in [-0.25, -0.2) is 0 Å². The Hall–Kier alpha value is -1.84. The Bertz CT molecular complexity index is 397. The zero-order valence-electron chi connectivity index (χ0n) is 7.27. The first kappa shape index (κ1) is 8.74. The molecule has 1 N–H and O–H groups in total. The van der Waals surface area contributed by atoms with Crippen LogP contribution < -0.4 is 0 Å². The summed E-state index contributed by atoms with van der Waals surface area (Å²) in [5.41, 5.74) is 0.448. The molecular weight excluding hydrogens is 184 g/mol. The van der Waals surface area contributed by atoms with Crippen LogP contribution in [-0.4, -0.2) is 17.0 Å². The molecule has 0 bridgehead atoms. The number of carbonyl (C=O) groups is 2. The Morgan fingerprint density at radius 2 is 2.00 bits per heavy atom. The van der Waals surface area contributed by atoms with Crippen molar-refractivity contribution in [1.82, 2.24) is 0 Å². The normalized spacial score (nSPS) is 21.0. The molecule has 14 heavy (non-hydrogen) atoms. The molecule has 0 aliphatic carbocycles. The predicted molar refractivity (Wildman–Crippen MR) is 46.6 cm³/mol. The van der Waals surface area contributed by atoms with Crippen LogP contribution in [0, 0.1) is 0 Å². The summed E-state index contributed by atoms with van der Waals surface area (Å²) in [5, 5.41) is 9.46. The van der Waals surface area contributed by atoms with Crippen LogP contribution in [-0.2, 0) is 14.3 Å². The monoisotopic (exact) mass is 192 g/mol. The molecule has 0 radical (unpaired) electrons. The molecule has 0 spiro atoms. The second-order valence-electron chi connectivity index (χ2n) is 3.11. The van der Waals surface area contributed by atoms with E-state index in [1.54, 1.807) is 18.2 Å². The molecule has 1 aliphatic rings. The smallest absolute Gasteiger partial charge is 0.321 e. The van der Waals surface area contributed by atoms with Gasteiger partial charge in [0.15, 0.2) is 0 Å². The van der Waals surface area contributed by atoms with E-state index in [9.17, 15) is 14.7 Å². The van der Waals surface area contributed by atoms with E-state index in [2.05, 4.69) is 4.74 Å². The van der Waals surface area contributed by atoms with Gasteiger partial charge >= 0.3 is 11.9 Å². The molecule has 1 fully saturated rings. The van der Waals surface area contributed by atoms with Crippen LogP contribution in [0.5, 0.6) is 5.75 Å². The van der Waals surface area contributed by atoms with E-state index in [0.717, 1.165) is 0 Å². The maximum atomic E-state index is 11.2. The molecular formula is C10H8O4. The zero-order valence-corrected chi connectivity index (χ0v) is 7.27. The van der Waals surface area contributed by atoms with Crippen molar-refractivity contribution in [3.63, 3.8) is 0 Å². The largest absolute Gasteiger partial charge is 0.508 e. The lowest BCUT2D eigenvalue weighted by Crippen LogP contribution is -2.05. The van der Waals surface area contributed by atoms with Gasteiger partial charge in [-0.1, -0.05) is 18.2 Å². The number of phenolic OH excluding ortho intramolecular Hbond substituents is 1. The summed E-state index contributed by atoms with van der Waals surface area (Å²) in [5.74, 6) is -1.76. The van der Waals surface area contributed by atoms with E-state index in [1.165, 1.54) is 6.07 Å². The Kier molecular flexibility index (Phi) is 1.96. The highest BCUT2D eigenvalue weighted by Crippen LogP contribution is 2.32. The first-order chi connectivity index (χ1) is 6.68. The van der Waals surface area contributed by atoms with E-state index >= 15 is 0 Å². The summed E-state index contributed by atoms with van der Waals surface area (Å²) in [6, 6.07) is 6.44. The van der Waals surface area contributed by atoms with Crippen LogP contribution in [0.4, 0.5) is 0 Å². The fourth-order valence-corrected chi connectivity index (χ4v) is 1.49. The Labute approximate surface area is 80.1 Å². The first-order valence-corrected chi connectivity index (χ1v) is 4.21. The highest BCUT2D eigenvalue weighted by molar-refractivity contribution is 5.98. The van der Waals surface area contributed by atoms with E-state index in [0.29, 0.717) is 5.56 Å². The number of para-hydroxylation sites is 1. The van der Waals surface area contributed by atoms with E-state index in [1.807, 2.05) is 0 Å². The number of benzene rings is 1. The molecule has 1 saturated heterocycles. The third-order valence-electron chi connectivity index (χ3n) is 2.18. The van der Waals surface area contributed by atoms with Gasteiger partial charge in [0.2, 0.25) is 0 Å². The number of phenols is 1. The number of cyclic esters (lactones) is 2. The van der Waals surface area contributed by atoms with Gasteiger partial charge in [-0.05, 0) is 6.07 Å². The molecule has 1 unspecified atom stereocenters. The number of carbonyl (C=O) groups excluding carboxylic acids is 2. The van der Waals surface area contributed by atoms with E-state index < -0.39 is 17.9 Å². The van der Waals surface area contributed by atoms with Crippen LogP contribution in [0.2, 0.25) is 0 Å². The van der Waals surface area contributed by atoms with Crippen molar-refractivity contribution >= 4 is 11.9 Å². The molecule has 2 rings (SSSR count). The highest BCUT2D eigenvalue weighted by Gasteiger charge is 2.35. The fraction of sp³-hybridized carbons (Fsp3) is 0.200. The summed E-state index contributed by atoms with van der Waals surface area (Å²) in [6.45, 7) is 0. The topological polar surface area (TPSA) is 63.6 Å². The van der Waals surface area contributed by atoms with E-state index in [4.69, 9.17) is 0 Å². The number of hydrogen-bond donors (Lipinski definition) is 1. The van der Waals surface area contributed by atoms with Crippen molar-refractivity contribution in [2.45, 2.75) is 12.3 Å². The Balaban J connectivity index is 2.36. The number of rotatable bonds is 1. The lowest BCUT2D eigenvalue weighted by molar-refractivity contribution is -0.152. The van der Waals surface area contributed by atoms with Gasteiger partial charge in [-0.2, -0.15) is 0 Å². The van der Waals surface area contributed by atoms with Crippen molar-refractivity contribution < 1.29 is 19.4 Å². The standard InChI is InChI=1S/C10H8O4/c11-8-4-2-1-3-6(8)7-5-9(12)14-10(7)13/h1-4,7,11H,5H2. The van der Waals surface area contributed by atoms with Crippen LogP contribution >= 0.6 is 0 Å². The first-order valence-electron chi connectivity index (χ1n) is 4.21. The summed E-state index contributed by atoms with van der Waals surface area (Å²) >= 11 is 0. The molecule has 0 amide bonds. The molecule has 1 atom stereocenters. The lowest BCUT2D eigenvalue weighted by Gasteiger charge is -2.06. The number of hydrogen-bond acceptors (Lipinski definition) is 4. The van der Waals surface area contributed by atoms with Crippen LogP contribution in [0.1, 0.15) is 17.9 Å². The predicted octanol–water partition coefficient (Wildman–Crippen LogP) is 0.949. The van der Waals surface area contributed by atoms with E-state index in [-0.39, 0.29) is 12.2 Å². The van der Waals surface area contributed by atoms with Gasteiger partial charge in [0, 0.05) is 5.56 Å². The van der Waals surface area contributed by atoms with Gasteiger partial charge in [0.1, 0.15) is 5.75 Å². The maximum absolute atomic E-state index is 11.2. The molecule has 4 nitrogen and oxygen atoms in total. The molecule has 0 saturated carbocycles. The second-order valence-corrected chi connectivity index (χ2v) is 3.11. The van der Waals surface area contributed by atoms with Crippen LogP contribution in [0.25, 0.3) is 0 Å².